The summed E-state index contributed by atoms with van der Waals surface area (Å²) in [5.74, 6) is -0.221. The molecule has 19 heavy (non-hydrogen) atoms. The Hall–Kier alpha value is -1.39. The summed E-state index contributed by atoms with van der Waals surface area (Å²) in [5, 5.41) is 12.3. The van der Waals surface area contributed by atoms with Crippen LogP contribution in [0.2, 0.25) is 0 Å². The first-order chi connectivity index (χ1) is 8.83. The van der Waals surface area contributed by atoms with Crippen molar-refractivity contribution in [3.8, 4) is 0 Å². The Bertz CT molecular complexity index is 402. The topological polar surface area (TPSA) is 75.3 Å². The number of aliphatic hydroxyl groups excluding tert-OH is 1. The number of aliphatic hydroxyl groups is 1. The van der Waals surface area contributed by atoms with Crippen LogP contribution in [0.25, 0.3) is 0 Å². The number of carbonyl (C=O) groups excluding carboxylic acids is 1. The average Bonchev–Trinajstić information content (AvgIpc) is 2.36. The van der Waals surface area contributed by atoms with Crippen molar-refractivity contribution in [1.82, 2.24) is 5.32 Å². The summed E-state index contributed by atoms with van der Waals surface area (Å²) in [6, 6.07) is 9.38. The molecule has 0 fully saturated rings. The van der Waals surface area contributed by atoms with Gasteiger partial charge in [-0.25, -0.2) is 0 Å². The summed E-state index contributed by atoms with van der Waals surface area (Å²) in [7, 11) is 0. The molecule has 2 atom stereocenters. The van der Waals surface area contributed by atoms with Crippen LogP contribution in [0.4, 0.5) is 0 Å². The van der Waals surface area contributed by atoms with Crippen LogP contribution in [0.15, 0.2) is 30.3 Å². The van der Waals surface area contributed by atoms with Crippen LogP contribution in [0.1, 0.15) is 32.8 Å². The molecule has 0 heterocycles. The number of aryl methyl sites for hydroxylation is 1. The highest BCUT2D eigenvalue weighted by atomic mass is 16.3. The third kappa shape index (κ3) is 5.01. The Morgan fingerprint density at radius 1 is 1.37 bits per heavy atom. The molecule has 1 rings (SSSR count). The lowest BCUT2D eigenvalue weighted by molar-refractivity contribution is -0.125. The van der Waals surface area contributed by atoms with Crippen LogP contribution >= 0.6 is 0 Å². The van der Waals surface area contributed by atoms with Gasteiger partial charge in [0.1, 0.15) is 0 Å². The minimum absolute atomic E-state index is 0.221. The summed E-state index contributed by atoms with van der Waals surface area (Å²) < 4.78 is 0. The minimum atomic E-state index is -0.665. The molecule has 0 aromatic heterocycles. The second-order valence-corrected chi connectivity index (χ2v) is 5.52. The third-order valence-electron chi connectivity index (χ3n) is 3.41. The number of rotatable bonds is 6. The van der Waals surface area contributed by atoms with E-state index in [1.807, 2.05) is 30.3 Å². The predicted octanol–water partition coefficient (Wildman–Crippen LogP) is 1.22. The zero-order valence-electron chi connectivity index (χ0n) is 11.9. The van der Waals surface area contributed by atoms with Gasteiger partial charge in [0.25, 0.3) is 0 Å². The van der Waals surface area contributed by atoms with Gasteiger partial charge in [-0.2, -0.15) is 0 Å². The molecule has 0 aliphatic rings. The second-order valence-electron chi connectivity index (χ2n) is 5.52. The van der Waals surface area contributed by atoms with Crippen LogP contribution in [0.5, 0.6) is 0 Å². The lowest BCUT2D eigenvalue weighted by atomic mass is 9.97. The summed E-state index contributed by atoms with van der Waals surface area (Å²) in [4.78, 5) is 11.9. The molecular formula is C15H24N2O2. The monoisotopic (exact) mass is 264 g/mol. The Morgan fingerprint density at radius 3 is 2.47 bits per heavy atom. The summed E-state index contributed by atoms with van der Waals surface area (Å²) in [6.45, 7) is 5.20. The Labute approximate surface area is 115 Å². The normalized spacial score (nSPS) is 14.8. The van der Waals surface area contributed by atoms with Crippen molar-refractivity contribution in [2.24, 2.45) is 5.73 Å². The van der Waals surface area contributed by atoms with Crippen LogP contribution in [0, 0.1) is 0 Å². The molecule has 0 bridgehead atoms. The van der Waals surface area contributed by atoms with E-state index >= 15 is 0 Å². The first-order valence-electron chi connectivity index (χ1n) is 6.62. The van der Waals surface area contributed by atoms with Crippen molar-refractivity contribution < 1.29 is 9.90 Å². The molecule has 0 aliphatic carbocycles. The van der Waals surface area contributed by atoms with Gasteiger partial charge in [0.2, 0.25) is 5.91 Å². The number of benzene rings is 1. The molecule has 0 saturated heterocycles. The quantitative estimate of drug-likeness (QED) is 0.723. The fourth-order valence-corrected chi connectivity index (χ4v) is 1.61. The maximum absolute atomic E-state index is 11.9. The van der Waals surface area contributed by atoms with E-state index in [1.54, 1.807) is 20.8 Å². The van der Waals surface area contributed by atoms with Crippen molar-refractivity contribution in [2.75, 3.05) is 0 Å². The van der Waals surface area contributed by atoms with Crippen molar-refractivity contribution in [3.05, 3.63) is 35.9 Å². The molecule has 1 aromatic rings. The summed E-state index contributed by atoms with van der Waals surface area (Å²) >= 11 is 0. The number of carbonyl (C=O) groups is 1. The molecule has 0 radical (unpaired) electrons. The summed E-state index contributed by atoms with van der Waals surface area (Å²) in [5.41, 5.74) is 6.38. The Morgan fingerprint density at radius 2 is 1.95 bits per heavy atom. The molecule has 1 amide bonds. The number of hydrogen-bond donors (Lipinski definition) is 3. The molecule has 2 unspecified atom stereocenters. The highest BCUT2D eigenvalue weighted by Gasteiger charge is 2.28. The lowest BCUT2D eigenvalue weighted by Gasteiger charge is -2.30. The third-order valence-corrected chi connectivity index (χ3v) is 3.41. The van der Waals surface area contributed by atoms with E-state index in [9.17, 15) is 9.90 Å². The van der Waals surface area contributed by atoms with Crippen molar-refractivity contribution in [2.45, 2.75) is 51.3 Å². The minimum Gasteiger partial charge on any atom is -0.391 e. The van der Waals surface area contributed by atoms with Gasteiger partial charge in [-0.15, -0.1) is 0 Å². The SMILES string of the molecule is CC(O)C(C)(C)NC(=O)C(N)CCc1ccccc1. The molecule has 4 heteroatoms. The fourth-order valence-electron chi connectivity index (χ4n) is 1.61. The Balaban J connectivity index is 2.45. The van der Waals surface area contributed by atoms with Gasteiger partial charge >= 0.3 is 0 Å². The number of amides is 1. The first-order valence-corrected chi connectivity index (χ1v) is 6.62. The van der Waals surface area contributed by atoms with E-state index in [1.165, 1.54) is 5.56 Å². The predicted molar refractivity (Wildman–Crippen MR) is 76.6 cm³/mol. The van der Waals surface area contributed by atoms with Crippen molar-refractivity contribution in [1.29, 1.82) is 0 Å². The van der Waals surface area contributed by atoms with Crippen molar-refractivity contribution >= 4 is 5.91 Å². The first kappa shape index (κ1) is 15.7. The number of hydrogen-bond acceptors (Lipinski definition) is 3. The molecule has 1 aromatic carbocycles. The van der Waals surface area contributed by atoms with Crippen LogP contribution in [-0.4, -0.2) is 28.7 Å². The van der Waals surface area contributed by atoms with Crippen LogP contribution < -0.4 is 11.1 Å². The lowest BCUT2D eigenvalue weighted by Crippen LogP contribution is -2.55. The fraction of sp³-hybridized carbons (Fsp3) is 0.533. The molecule has 106 valence electrons. The van der Waals surface area contributed by atoms with Gasteiger partial charge in [-0.1, -0.05) is 30.3 Å². The van der Waals surface area contributed by atoms with Gasteiger partial charge in [-0.05, 0) is 39.2 Å². The Kier molecular flexibility index (Phi) is 5.51. The van der Waals surface area contributed by atoms with E-state index in [0.29, 0.717) is 6.42 Å². The molecule has 4 N–H and O–H groups in total. The molecule has 0 saturated carbocycles. The van der Waals surface area contributed by atoms with Gasteiger partial charge in [-0.3, -0.25) is 4.79 Å². The largest absolute Gasteiger partial charge is 0.391 e. The molecule has 0 aliphatic heterocycles. The van der Waals surface area contributed by atoms with Gasteiger partial charge in [0.15, 0.2) is 0 Å². The van der Waals surface area contributed by atoms with Gasteiger partial charge in [0.05, 0.1) is 17.7 Å². The standard InChI is InChI=1S/C15H24N2O2/c1-11(18)15(2,3)17-14(19)13(16)10-9-12-7-5-4-6-8-12/h4-8,11,13,18H,9-10,16H2,1-3H3,(H,17,19). The van der Waals surface area contributed by atoms with Crippen LogP contribution in [-0.2, 0) is 11.2 Å². The average molecular weight is 264 g/mol. The highest BCUT2D eigenvalue weighted by Crippen LogP contribution is 2.10. The summed E-state index contributed by atoms with van der Waals surface area (Å²) in [6.07, 6.45) is 0.730. The molecule has 0 spiro atoms. The number of nitrogens with two attached hydrogens (primary N) is 1. The van der Waals surface area contributed by atoms with Crippen LogP contribution in [0.3, 0.4) is 0 Å². The molecule has 4 nitrogen and oxygen atoms in total. The van der Waals surface area contributed by atoms with E-state index in [-0.39, 0.29) is 5.91 Å². The number of nitrogens with one attached hydrogen (secondary N) is 1. The van der Waals surface area contributed by atoms with E-state index in [0.717, 1.165) is 6.42 Å². The van der Waals surface area contributed by atoms with E-state index in [4.69, 9.17) is 5.73 Å². The van der Waals surface area contributed by atoms with Crippen molar-refractivity contribution in [3.63, 3.8) is 0 Å². The smallest absolute Gasteiger partial charge is 0.237 e. The van der Waals surface area contributed by atoms with Gasteiger partial charge in [0, 0.05) is 0 Å². The van der Waals surface area contributed by atoms with E-state index < -0.39 is 17.7 Å². The second kappa shape index (κ2) is 6.68. The van der Waals surface area contributed by atoms with Gasteiger partial charge < -0.3 is 16.2 Å². The maximum Gasteiger partial charge on any atom is 0.237 e. The zero-order chi connectivity index (χ0) is 14.5. The maximum atomic E-state index is 11.9. The zero-order valence-corrected chi connectivity index (χ0v) is 11.9. The van der Waals surface area contributed by atoms with E-state index in [2.05, 4.69) is 5.32 Å². The highest BCUT2D eigenvalue weighted by molar-refractivity contribution is 5.82. The molecular weight excluding hydrogens is 240 g/mol.